The molecular formula is C10H21N3O. The second-order valence-electron chi connectivity index (χ2n) is 4.18. The van der Waals surface area contributed by atoms with Gasteiger partial charge in [0.25, 0.3) is 0 Å². The van der Waals surface area contributed by atoms with Crippen molar-refractivity contribution in [3.05, 3.63) is 0 Å². The highest BCUT2D eigenvalue weighted by atomic mass is 16.1. The van der Waals surface area contributed by atoms with Gasteiger partial charge in [-0.05, 0) is 39.8 Å². The summed E-state index contributed by atoms with van der Waals surface area (Å²) in [6.45, 7) is 0.384. The van der Waals surface area contributed by atoms with E-state index in [9.17, 15) is 4.79 Å². The Balaban J connectivity index is 2.30. The summed E-state index contributed by atoms with van der Waals surface area (Å²) in [6.07, 6.45) is 4.72. The smallest absolute Gasteiger partial charge is 0.231 e. The van der Waals surface area contributed by atoms with Crippen molar-refractivity contribution in [2.75, 3.05) is 20.6 Å². The number of hydrogen-bond acceptors (Lipinski definition) is 3. The van der Waals surface area contributed by atoms with Crippen molar-refractivity contribution in [2.24, 2.45) is 5.73 Å². The molecule has 82 valence electrons. The van der Waals surface area contributed by atoms with E-state index in [1.54, 1.807) is 0 Å². The first-order valence-electron chi connectivity index (χ1n) is 5.29. The summed E-state index contributed by atoms with van der Waals surface area (Å²) >= 11 is 0. The van der Waals surface area contributed by atoms with Crippen LogP contribution in [-0.4, -0.2) is 43.5 Å². The van der Waals surface area contributed by atoms with Crippen molar-refractivity contribution in [1.29, 1.82) is 0 Å². The summed E-state index contributed by atoms with van der Waals surface area (Å²) in [5, 5.41) is 3.29. The van der Waals surface area contributed by atoms with Crippen LogP contribution in [0.15, 0.2) is 0 Å². The molecular weight excluding hydrogens is 178 g/mol. The SMILES string of the molecule is CNC1CCC(N(C)CC(N)=O)CC1. The minimum Gasteiger partial charge on any atom is -0.369 e. The lowest BCUT2D eigenvalue weighted by atomic mass is 9.90. The fraction of sp³-hybridized carbons (Fsp3) is 0.900. The predicted octanol–water partition coefficient (Wildman–Crippen LogP) is -0.0659. The molecule has 0 bridgehead atoms. The number of nitrogens with two attached hydrogens (primary N) is 1. The maximum Gasteiger partial charge on any atom is 0.231 e. The van der Waals surface area contributed by atoms with Crippen LogP contribution in [0.3, 0.4) is 0 Å². The number of rotatable bonds is 4. The molecule has 1 amide bonds. The number of carbonyl (C=O) groups is 1. The second kappa shape index (κ2) is 5.32. The van der Waals surface area contributed by atoms with E-state index in [2.05, 4.69) is 10.2 Å². The first kappa shape index (κ1) is 11.5. The second-order valence-corrected chi connectivity index (χ2v) is 4.18. The monoisotopic (exact) mass is 199 g/mol. The van der Waals surface area contributed by atoms with Crippen LogP contribution in [0.25, 0.3) is 0 Å². The Bertz CT molecular complexity index is 188. The quantitative estimate of drug-likeness (QED) is 0.666. The van der Waals surface area contributed by atoms with Gasteiger partial charge in [0.2, 0.25) is 5.91 Å². The van der Waals surface area contributed by atoms with Gasteiger partial charge in [-0.15, -0.1) is 0 Å². The highest BCUT2D eigenvalue weighted by Crippen LogP contribution is 2.21. The van der Waals surface area contributed by atoms with E-state index in [1.807, 2.05) is 14.1 Å². The highest BCUT2D eigenvalue weighted by Gasteiger charge is 2.23. The summed E-state index contributed by atoms with van der Waals surface area (Å²) in [4.78, 5) is 12.8. The van der Waals surface area contributed by atoms with Crippen molar-refractivity contribution >= 4 is 5.91 Å². The van der Waals surface area contributed by atoms with E-state index in [0.29, 0.717) is 18.6 Å². The third-order valence-electron chi connectivity index (χ3n) is 3.13. The van der Waals surface area contributed by atoms with Gasteiger partial charge < -0.3 is 11.1 Å². The van der Waals surface area contributed by atoms with E-state index in [1.165, 1.54) is 12.8 Å². The highest BCUT2D eigenvalue weighted by molar-refractivity contribution is 5.75. The molecule has 1 saturated carbocycles. The molecule has 1 aliphatic rings. The van der Waals surface area contributed by atoms with E-state index in [0.717, 1.165) is 12.8 Å². The van der Waals surface area contributed by atoms with Crippen LogP contribution in [0.5, 0.6) is 0 Å². The number of nitrogens with zero attached hydrogens (tertiary/aromatic N) is 1. The van der Waals surface area contributed by atoms with E-state index in [-0.39, 0.29) is 5.91 Å². The van der Waals surface area contributed by atoms with E-state index >= 15 is 0 Å². The lowest BCUT2D eigenvalue weighted by molar-refractivity contribution is -0.119. The van der Waals surface area contributed by atoms with Gasteiger partial charge in [0, 0.05) is 12.1 Å². The van der Waals surface area contributed by atoms with Crippen molar-refractivity contribution in [3.63, 3.8) is 0 Å². The first-order chi connectivity index (χ1) is 6.63. The third kappa shape index (κ3) is 3.27. The van der Waals surface area contributed by atoms with Gasteiger partial charge >= 0.3 is 0 Å². The molecule has 0 aromatic rings. The van der Waals surface area contributed by atoms with Crippen molar-refractivity contribution < 1.29 is 4.79 Å². The Morgan fingerprint density at radius 3 is 2.43 bits per heavy atom. The molecule has 0 unspecified atom stereocenters. The standard InChI is InChI=1S/C10H21N3O/c1-12-8-3-5-9(6-4-8)13(2)7-10(11)14/h8-9,12H,3-7H2,1-2H3,(H2,11,14). The lowest BCUT2D eigenvalue weighted by Gasteiger charge is -2.33. The molecule has 0 aliphatic heterocycles. The first-order valence-corrected chi connectivity index (χ1v) is 5.29. The molecule has 4 nitrogen and oxygen atoms in total. The average molecular weight is 199 g/mol. The van der Waals surface area contributed by atoms with Crippen molar-refractivity contribution in [2.45, 2.75) is 37.8 Å². The van der Waals surface area contributed by atoms with Gasteiger partial charge in [-0.25, -0.2) is 0 Å². The molecule has 14 heavy (non-hydrogen) atoms. The molecule has 1 rings (SSSR count). The number of amides is 1. The van der Waals surface area contributed by atoms with Gasteiger partial charge in [0.05, 0.1) is 6.54 Å². The Hall–Kier alpha value is -0.610. The van der Waals surface area contributed by atoms with Crippen LogP contribution in [0, 0.1) is 0 Å². The van der Waals surface area contributed by atoms with Crippen LogP contribution in [-0.2, 0) is 4.79 Å². The summed E-state index contributed by atoms with van der Waals surface area (Å²) in [5.74, 6) is -0.233. The zero-order valence-electron chi connectivity index (χ0n) is 9.12. The number of likely N-dealkylation sites (N-methyl/N-ethyl adjacent to an activating group) is 1. The largest absolute Gasteiger partial charge is 0.369 e. The van der Waals surface area contributed by atoms with Crippen LogP contribution in [0.1, 0.15) is 25.7 Å². The van der Waals surface area contributed by atoms with Gasteiger partial charge in [0.1, 0.15) is 0 Å². The van der Waals surface area contributed by atoms with Gasteiger partial charge in [-0.1, -0.05) is 0 Å². The molecule has 0 saturated heterocycles. The summed E-state index contributed by atoms with van der Waals surface area (Å²) in [6, 6.07) is 1.19. The van der Waals surface area contributed by atoms with Crippen LogP contribution < -0.4 is 11.1 Å². The maximum atomic E-state index is 10.7. The van der Waals surface area contributed by atoms with Gasteiger partial charge in [0.15, 0.2) is 0 Å². The fourth-order valence-electron chi connectivity index (χ4n) is 2.18. The minimum absolute atomic E-state index is 0.233. The molecule has 0 atom stereocenters. The molecule has 3 N–H and O–H groups in total. The Morgan fingerprint density at radius 1 is 1.43 bits per heavy atom. The normalized spacial score (nSPS) is 27.9. The zero-order chi connectivity index (χ0) is 10.6. The zero-order valence-corrected chi connectivity index (χ0v) is 9.12. The van der Waals surface area contributed by atoms with Gasteiger partial charge in [-0.2, -0.15) is 0 Å². The molecule has 0 spiro atoms. The molecule has 0 radical (unpaired) electrons. The predicted molar refractivity (Wildman–Crippen MR) is 56.9 cm³/mol. The molecule has 1 aliphatic carbocycles. The number of primary amides is 1. The summed E-state index contributed by atoms with van der Waals surface area (Å²) < 4.78 is 0. The third-order valence-corrected chi connectivity index (χ3v) is 3.13. The number of hydrogen-bond donors (Lipinski definition) is 2. The van der Waals surface area contributed by atoms with Crippen molar-refractivity contribution in [3.8, 4) is 0 Å². The number of nitrogens with one attached hydrogen (secondary N) is 1. The minimum atomic E-state index is -0.233. The van der Waals surface area contributed by atoms with Crippen LogP contribution in [0.4, 0.5) is 0 Å². The average Bonchev–Trinajstić information content (AvgIpc) is 2.17. The van der Waals surface area contributed by atoms with Crippen LogP contribution in [0.2, 0.25) is 0 Å². The molecule has 0 aromatic heterocycles. The Morgan fingerprint density at radius 2 is 2.00 bits per heavy atom. The summed E-state index contributed by atoms with van der Waals surface area (Å²) in [7, 11) is 3.99. The topological polar surface area (TPSA) is 58.4 Å². The molecule has 4 heteroatoms. The van der Waals surface area contributed by atoms with Gasteiger partial charge in [-0.3, -0.25) is 9.69 Å². The molecule has 1 fully saturated rings. The summed E-state index contributed by atoms with van der Waals surface area (Å²) in [5.41, 5.74) is 5.16. The maximum absolute atomic E-state index is 10.7. The fourth-order valence-corrected chi connectivity index (χ4v) is 2.18. The molecule has 0 aromatic carbocycles. The Kier molecular flexibility index (Phi) is 4.35. The number of carbonyl (C=O) groups excluding carboxylic acids is 1. The van der Waals surface area contributed by atoms with E-state index < -0.39 is 0 Å². The lowest BCUT2D eigenvalue weighted by Crippen LogP contribution is -2.43. The van der Waals surface area contributed by atoms with Crippen molar-refractivity contribution in [1.82, 2.24) is 10.2 Å². The Labute approximate surface area is 85.8 Å². The van der Waals surface area contributed by atoms with Crippen LogP contribution >= 0.6 is 0 Å². The van der Waals surface area contributed by atoms with E-state index in [4.69, 9.17) is 5.73 Å². The molecule has 0 heterocycles.